The average molecular weight is 297 g/mol. The second-order valence-corrected chi connectivity index (χ2v) is 8.37. The third-order valence-electron chi connectivity index (χ3n) is 2.45. The van der Waals surface area contributed by atoms with Crippen molar-refractivity contribution in [3.8, 4) is 0 Å². The van der Waals surface area contributed by atoms with Gasteiger partial charge in [0, 0.05) is 12.3 Å². The molecule has 0 aromatic heterocycles. The van der Waals surface area contributed by atoms with Crippen LogP contribution in [0.25, 0.3) is 0 Å². The van der Waals surface area contributed by atoms with Crippen molar-refractivity contribution >= 4 is 25.8 Å². The minimum atomic E-state index is -3.72. The third kappa shape index (κ3) is 5.15. The third-order valence-corrected chi connectivity index (χ3v) is 5.06. The van der Waals surface area contributed by atoms with Crippen LogP contribution in [0.4, 0.5) is 0 Å². The molecule has 2 N–H and O–H groups in total. The largest absolute Gasteiger partial charge is 0.481 e. The van der Waals surface area contributed by atoms with Crippen molar-refractivity contribution in [2.45, 2.75) is 12.5 Å². The molecule has 0 radical (unpaired) electrons. The van der Waals surface area contributed by atoms with Crippen LogP contribution in [0.1, 0.15) is 6.42 Å². The van der Waals surface area contributed by atoms with Gasteiger partial charge >= 0.3 is 5.97 Å². The number of sulfone groups is 1. The van der Waals surface area contributed by atoms with E-state index in [4.69, 9.17) is 5.11 Å². The molecule has 0 aromatic carbocycles. The van der Waals surface area contributed by atoms with Gasteiger partial charge in [-0.15, -0.1) is 0 Å². The predicted molar refractivity (Wildman–Crippen MR) is 65.3 cm³/mol. The van der Waals surface area contributed by atoms with Crippen molar-refractivity contribution in [2.24, 2.45) is 5.92 Å². The van der Waals surface area contributed by atoms with E-state index in [1.807, 2.05) is 0 Å². The number of carboxylic acid groups (broad SMARTS) is 1. The molecule has 0 heterocycles. The number of nitrogens with one attached hydrogen (secondary N) is 1. The first kappa shape index (κ1) is 15.1. The number of aliphatic carboxylic acids is 1. The summed E-state index contributed by atoms with van der Waals surface area (Å²) in [5.41, 5.74) is 0. The first-order chi connectivity index (χ1) is 8.09. The average Bonchev–Trinajstić information content (AvgIpc) is 2.62. The van der Waals surface area contributed by atoms with Gasteiger partial charge < -0.3 is 5.11 Å². The van der Waals surface area contributed by atoms with Crippen LogP contribution in [0.3, 0.4) is 0 Å². The highest BCUT2D eigenvalue weighted by Crippen LogP contribution is 2.18. The van der Waals surface area contributed by atoms with E-state index in [0.717, 1.165) is 6.26 Å². The Kier molecular flexibility index (Phi) is 4.51. The molecule has 0 aromatic rings. The zero-order valence-corrected chi connectivity index (χ0v) is 11.4. The second kappa shape index (κ2) is 5.37. The van der Waals surface area contributed by atoms with Crippen LogP contribution in [0.5, 0.6) is 0 Å². The predicted octanol–water partition coefficient (Wildman–Crippen LogP) is -1.02. The van der Waals surface area contributed by atoms with E-state index in [0.29, 0.717) is 0 Å². The lowest BCUT2D eigenvalue weighted by Gasteiger charge is -2.12. The highest BCUT2D eigenvalue weighted by molar-refractivity contribution is 7.93. The second-order valence-electron chi connectivity index (χ2n) is 4.24. The van der Waals surface area contributed by atoms with E-state index in [-0.39, 0.29) is 6.42 Å². The van der Waals surface area contributed by atoms with Gasteiger partial charge in [0.15, 0.2) is 0 Å². The molecule has 104 valence electrons. The summed E-state index contributed by atoms with van der Waals surface area (Å²) in [4.78, 5) is 10.7. The number of carboxylic acids is 1. The molecule has 0 fully saturated rings. The lowest BCUT2D eigenvalue weighted by molar-refractivity contribution is -0.140. The molecule has 0 aliphatic heterocycles. The van der Waals surface area contributed by atoms with Gasteiger partial charge in [-0.2, -0.15) is 0 Å². The Labute approximate surface area is 106 Å². The maximum Gasteiger partial charge on any atom is 0.310 e. The molecule has 1 rings (SSSR count). The highest BCUT2D eigenvalue weighted by atomic mass is 32.2. The smallest absolute Gasteiger partial charge is 0.310 e. The van der Waals surface area contributed by atoms with Crippen molar-refractivity contribution in [3.05, 3.63) is 12.2 Å². The first-order valence-electron chi connectivity index (χ1n) is 5.18. The lowest BCUT2D eigenvalue weighted by Crippen LogP contribution is -2.36. The van der Waals surface area contributed by atoms with Crippen LogP contribution in [0, 0.1) is 5.92 Å². The standard InChI is InChI=1S/C9H15NO6S2/c1-17(13,14)4-5-18(15,16)10-8-3-2-7(6-8)9(11)12/h2-3,7-8,10H,4-6H2,1H3,(H,11,12). The molecule has 0 saturated heterocycles. The fourth-order valence-corrected chi connectivity index (χ4v) is 4.36. The van der Waals surface area contributed by atoms with Crippen LogP contribution in [-0.4, -0.2) is 51.7 Å². The van der Waals surface area contributed by atoms with E-state index >= 15 is 0 Å². The van der Waals surface area contributed by atoms with E-state index < -0.39 is 49.3 Å². The van der Waals surface area contributed by atoms with Crippen LogP contribution in [0.15, 0.2) is 12.2 Å². The fourth-order valence-electron chi connectivity index (χ4n) is 1.52. The topological polar surface area (TPSA) is 118 Å². The quantitative estimate of drug-likeness (QED) is 0.606. The molecule has 0 bridgehead atoms. The van der Waals surface area contributed by atoms with Gasteiger partial charge in [0.1, 0.15) is 9.84 Å². The van der Waals surface area contributed by atoms with Crippen LogP contribution in [-0.2, 0) is 24.7 Å². The monoisotopic (exact) mass is 297 g/mol. The zero-order chi connectivity index (χ0) is 14.0. The molecule has 18 heavy (non-hydrogen) atoms. The minimum Gasteiger partial charge on any atom is -0.481 e. The first-order valence-corrected chi connectivity index (χ1v) is 8.89. The summed E-state index contributed by atoms with van der Waals surface area (Å²) >= 11 is 0. The van der Waals surface area contributed by atoms with Gasteiger partial charge in [-0.3, -0.25) is 4.79 Å². The molecule has 2 unspecified atom stereocenters. The summed E-state index contributed by atoms with van der Waals surface area (Å²) in [7, 11) is -7.07. The molecule has 1 aliphatic carbocycles. The van der Waals surface area contributed by atoms with Gasteiger partial charge in [0.05, 0.1) is 17.4 Å². The van der Waals surface area contributed by atoms with Crippen LogP contribution < -0.4 is 4.72 Å². The Hall–Kier alpha value is -0.930. The number of carbonyl (C=O) groups is 1. The summed E-state index contributed by atoms with van der Waals surface area (Å²) < 4.78 is 47.1. The van der Waals surface area contributed by atoms with Gasteiger partial charge in [0.2, 0.25) is 10.0 Å². The van der Waals surface area contributed by atoms with Crippen molar-refractivity contribution in [1.82, 2.24) is 4.72 Å². The number of sulfonamides is 1. The van der Waals surface area contributed by atoms with E-state index in [1.54, 1.807) is 0 Å². The molecular weight excluding hydrogens is 282 g/mol. The molecule has 0 amide bonds. The molecule has 2 atom stereocenters. The summed E-state index contributed by atoms with van der Waals surface area (Å²) in [6.07, 6.45) is 3.99. The van der Waals surface area contributed by atoms with Gasteiger partial charge in [0.25, 0.3) is 0 Å². The van der Waals surface area contributed by atoms with E-state index in [1.165, 1.54) is 12.2 Å². The Balaban J connectivity index is 2.53. The molecule has 0 saturated carbocycles. The number of hydrogen-bond acceptors (Lipinski definition) is 5. The Bertz CT molecular complexity index is 548. The maximum atomic E-state index is 11.6. The number of rotatable bonds is 6. The SMILES string of the molecule is CS(=O)(=O)CCS(=O)(=O)NC1C=CC(C(=O)O)C1. The Morgan fingerprint density at radius 1 is 1.28 bits per heavy atom. The molecular formula is C9H15NO6S2. The fraction of sp³-hybridized carbons (Fsp3) is 0.667. The van der Waals surface area contributed by atoms with Crippen molar-refractivity contribution < 1.29 is 26.7 Å². The summed E-state index contributed by atoms with van der Waals surface area (Å²) in [6.45, 7) is 0. The maximum absolute atomic E-state index is 11.6. The normalized spacial score (nSPS) is 24.3. The molecule has 9 heteroatoms. The Morgan fingerprint density at radius 3 is 2.33 bits per heavy atom. The summed E-state index contributed by atoms with van der Waals surface area (Å²) in [5, 5.41) is 8.73. The van der Waals surface area contributed by atoms with Crippen LogP contribution >= 0.6 is 0 Å². The summed E-state index contributed by atoms with van der Waals surface area (Å²) in [5.74, 6) is -2.69. The van der Waals surface area contributed by atoms with Crippen molar-refractivity contribution in [2.75, 3.05) is 17.8 Å². The van der Waals surface area contributed by atoms with Crippen molar-refractivity contribution in [3.63, 3.8) is 0 Å². The van der Waals surface area contributed by atoms with E-state index in [2.05, 4.69) is 4.72 Å². The minimum absolute atomic E-state index is 0.146. The highest BCUT2D eigenvalue weighted by Gasteiger charge is 2.27. The van der Waals surface area contributed by atoms with Gasteiger partial charge in [-0.25, -0.2) is 21.6 Å². The summed E-state index contributed by atoms with van der Waals surface area (Å²) in [6, 6.07) is -0.587. The van der Waals surface area contributed by atoms with E-state index in [9.17, 15) is 21.6 Å². The zero-order valence-electron chi connectivity index (χ0n) is 9.74. The molecule has 1 aliphatic rings. The van der Waals surface area contributed by atoms with Gasteiger partial charge in [-0.05, 0) is 6.42 Å². The Morgan fingerprint density at radius 2 is 1.89 bits per heavy atom. The lowest BCUT2D eigenvalue weighted by atomic mass is 10.1. The van der Waals surface area contributed by atoms with Gasteiger partial charge in [-0.1, -0.05) is 12.2 Å². The van der Waals surface area contributed by atoms with Crippen molar-refractivity contribution in [1.29, 1.82) is 0 Å². The van der Waals surface area contributed by atoms with Crippen LogP contribution in [0.2, 0.25) is 0 Å². The molecule has 7 nitrogen and oxygen atoms in total. The molecule has 0 spiro atoms. The number of hydrogen-bond donors (Lipinski definition) is 2.